The minimum Gasteiger partial charge on any atom is -0.491 e. The van der Waals surface area contributed by atoms with Crippen molar-refractivity contribution in [3.05, 3.63) is 52.7 Å². The molecule has 0 bridgehead atoms. The van der Waals surface area contributed by atoms with Gasteiger partial charge in [-0.05, 0) is 30.0 Å². The van der Waals surface area contributed by atoms with E-state index >= 15 is 0 Å². The molecule has 1 aromatic heterocycles. The van der Waals surface area contributed by atoms with Gasteiger partial charge in [0, 0.05) is 38.2 Å². The van der Waals surface area contributed by atoms with Crippen molar-refractivity contribution in [2.75, 3.05) is 33.4 Å². The largest absolute Gasteiger partial charge is 0.491 e. The second-order valence-electron chi connectivity index (χ2n) is 5.44. The van der Waals surface area contributed by atoms with Gasteiger partial charge < -0.3 is 14.6 Å². The maximum absolute atomic E-state index is 10.3. The van der Waals surface area contributed by atoms with E-state index in [9.17, 15) is 5.11 Å². The number of hydrogen-bond donors (Lipinski definition) is 1. The maximum Gasteiger partial charge on any atom is 0.119 e. The van der Waals surface area contributed by atoms with Gasteiger partial charge in [-0.1, -0.05) is 24.3 Å². The number of aliphatic hydroxyl groups excluding tert-OH is 1. The van der Waals surface area contributed by atoms with E-state index < -0.39 is 6.10 Å². The lowest BCUT2D eigenvalue weighted by Crippen LogP contribution is -2.36. The van der Waals surface area contributed by atoms with Crippen LogP contribution in [-0.2, 0) is 11.3 Å². The number of benzene rings is 1. The Balaban J connectivity index is 1.80. The number of hydrogen-bond acceptors (Lipinski definition) is 5. The van der Waals surface area contributed by atoms with Gasteiger partial charge in [-0.25, -0.2) is 0 Å². The van der Waals surface area contributed by atoms with Gasteiger partial charge in [0.05, 0.1) is 0 Å². The van der Waals surface area contributed by atoms with Crippen LogP contribution in [0, 0.1) is 0 Å². The van der Waals surface area contributed by atoms with Crippen LogP contribution in [0.25, 0.3) is 0 Å². The Morgan fingerprint density at radius 3 is 2.70 bits per heavy atom. The average molecular weight is 335 g/mol. The predicted molar refractivity (Wildman–Crippen MR) is 94.0 cm³/mol. The minimum absolute atomic E-state index is 0.301. The van der Waals surface area contributed by atoms with Crippen LogP contribution >= 0.6 is 11.3 Å². The molecule has 5 heteroatoms. The molecule has 0 aliphatic carbocycles. The van der Waals surface area contributed by atoms with Crippen LogP contribution in [0.3, 0.4) is 0 Å². The fourth-order valence-electron chi connectivity index (χ4n) is 2.35. The van der Waals surface area contributed by atoms with Crippen molar-refractivity contribution in [2.45, 2.75) is 19.1 Å². The summed E-state index contributed by atoms with van der Waals surface area (Å²) in [6.07, 6.45) is 0.437. The highest BCUT2D eigenvalue weighted by atomic mass is 32.1. The van der Waals surface area contributed by atoms with Gasteiger partial charge in [-0.2, -0.15) is 0 Å². The number of methoxy groups -OCH3 is 1. The van der Waals surface area contributed by atoms with Crippen LogP contribution in [0.15, 0.2) is 47.8 Å². The second-order valence-corrected chi connectivity index (χ2v) is 6.47. The highest BCUT2D eigenvalue weighted by Gasteiger charge is 2.13. The van der Waals surface area contributed by atoms with Crippen LogP contribution in [0.2, 0.25) is 0 Å². The number of rotatable bonds is 11. The molecule has 2 aromatic rings. The normalized spacial score (nSPS) is 12.5. The Morgan fingerprint density at radius 2 is 2.00 bits per heavy atom. The van der Waals surface area contributed by atoms with Crippen molar-refractivity contribution in [3.63, 3.8) is 0 Å². The van der Waals surface area contributed by atoms with Crippen LogP contribution in [-0.4, -0.2) is 49.5 Å². The number of aliphatic hydroxyl groups is 1. The SMILES string of the molecule is COCCCN(Cc1cccs1)C[C@H](O)COc1ccccc1. The van der Waals surface area contributed by atoms with E-state index in [-0.39, 0.29) is 0 Å². The van der Waals surface area contributed by atoms with Crippen molar-refractivity contribution in [1.29, 1.82) is 0 Å². The van der Waals surface area contributed by atoms with Gasteiger partial charge in [-0.15, -0.1) is 11.3 Å². The molecule has 126 valence electrons. The lowest BCUT2D eigenvalue weighted by molar-refractivity contribution is 0.0621. The summed E-state index contributed by atoms with van der Waals surface area (Å²) in [5.74, 6) is 0.788. The van der Waals surface area contributed by atoms with Crippen molar-refractivity contribution < 1.29 is 14.6 Å². The molecule has 1 N–H and O–H groups in total. The molecule has 2 rings (SSSR count). The molecule has 0 saturated heterocycles. The third-order valence-corrected chi connectivity index (χ3v) is 4.30. The Labute approximate surface area is 142 Å². The summed E-state index contributed by atoms with van der Waals surface area (Å²) in [6, 6.07) is 13.8. The molecule has 0 aliphatic rings. The average Bonchev–Trinajstić information content (AvgIpc) is 3.07. The summed E-state index contributed by atoms with van der Waals surface area (Å²) in [5.41, 5.74) is 0. The lowest BCUT2D eigenvalue weighted by atomic mass is 10.3. The Bertz CT molecular complexity index is 518. The highest BCUT2D eigenvalue weighted by Crippen LogP contribution is 2.13. The highest BCUT2D eigenvalue weighted by molar-refractivity contribution is 7.09. The zero-order valence-electron chi connectivity index (χ0n) is 13.6. The van der Waals surface area contributed by atoms with Crippen molar-refractivity contribution in [1.82, 2.24) is 4.90 Å². The first-order valence-electron chi connectivity index (χ1n) is 7.87. The topological polar surface area (TPSA) is 41.9 Å². The number of nitrogens with zero attached hydrogens (tertiary/aromatic N) is 1. The second kappa shape index (κ2) is 10.4. The smallest absolute Gasteiger partial charge is 0.119 e. The molecule has 4 nitrogen and oxygen atoms in total. The molecule has 0 amide bonds. The summed E-state index contributed by atoms with van der Waals surface area (Å²) in [6.45, 7) is 3.37. The summed E-state index contributed by atoms with van der Waals surface area (Å²) in [7, 11) is 1.71. The molecule has 0 fully saturated rings. The van der Waals surface area contributed by atoms with Gasteiger partial charge in [0.15, 0.2) is 0 Å². The molecule has 1 atom stereocenters. The minimum atomic E-state index is -0.516. The molecule has 0 radical (unpaired) electrons. The predicted octanol–water partition coefficient (Wildman–Crippen LogP) is 3.03. The van der Waals surface area contributed by atoms with Gasteiger partial charge >= 0.3 is 0 Å². The van der Waals surface area contributed by atoms with Gasteiger partial charge in [0.2, 0.25) is 0 Å². The van der Waals surface area contributed by atoms with Gasteiger partial charge in [-0.3, -0.25) is 4.90 Å². The maximum atomic E-state index is 10.3. The third-order valence-electron chi connectivity index (χ3n) is 3.44. The van der Waals surface area contributed by atoms with E-state index in [1.807, 2.05) is 30.3 Å². The third kappa shape index (κ3) is 7.14. The lowest BCUT2D eigenvalue weighted by Gasteiger charge is -2.24. The Hall–Kier alpha value is -1.40. The van der Waals surface area contributed by atoms with Crippen molar-refractivity contribution in [3.8, 4) is 5.75 Å². The molecule has 23 heavy (non-hydrogen) atoms. The van der Waals surface area contributed by atoms with E-state index in [0.717, 1.165) is 31.9 Å². The Kier molecular flexibility index (Phi) is 8.11. The molecule has 0 saturated carbocycles. The van der Waals surface area contributed by atoms with Gasteiger partial charge in [0.25, 0.3) is 0 Å². The summed E-state index contributed by atoms with van der Waals surface area (Å²) < 4.78 is 10.8. The van der Waals surface area contributed by atoms with E-state index in [1.54, 1.807) is 18.4 Å². The number of thiophene rings is 1. The molecule has 1 heterocycles. The standard InChI is InChI=1S/C18H25NO3S/c1-21-11-6-10-19(14-18-9-5-12-23-18)13-16(20)15-22-17-7-3-2-4-8-17/h2-5,7-9,12,16,20H,6,10-11,13-15H2,1H3/t16-/m0/s1. The molecule has 0 aliphatic heterocycles. The van der Waals surface area contributed by atoms with Crippen LogP contribution in [0.4, 0.5) is 0 Å². The van der Waals surface area contributed by atoms with Gasteiger partial charge in [0.1, 0.15) is 18.5 Å². The molecule has 1 aromatic carbocycles. The molecular weight excluding hydrogens is 310 g/mol. The number of ether oxygens (including phenoxy) is 2. The fourth-order valence-corrected chi connectivity index (χ4v) is 3.10. The quantitative estimate of drug-likeness (QED) is 0.641. The van der Waals surface area contributed by atoms with Crippen LogP contribution in [0.1, 0.15) is 11.3 Å². The summed E-state index contributed by atoms with van der Waals surface area (Å²) in [5, 5.41) is 12.4. The first-order chi connectivity index (χ1) is 11.3. The molecular formula is C18H25NO3S. The zero-order valence-corrected chi connectivity index (χ0v) is 14.4. The molecule has 0 unspecified atom stereocenters. The fraction of sp³-hybridized carbons (Fsp3) is 0.444. The van der Waals surface area contributed by atoms with Crippen LogP contribution in [0.5, 0.6) is 5.75 Å². The van der Waals surface area contributed by atoms with Crippen molar-refractivity contribution in [2.24, 2.45) is 0 Å². The molecule has 0 spiro atoms. The first-order valence-corrected chi connectivity index (χ1v) is 8.75. The summed E-state index contributed by atoms with van der Waals surface area (Å²) in [4.78, 5) is 3.56. The summed E-state index contributed by atoms with van der Waals surface area (Å²) >= 11 is 1.74. The Morgan fingerprint density at radius 1 is 1.17 bits per heavy atom. The van der Waals surface area contributed by atoms with E-state index in [2.05, 4.69) is 22.4 Å². The zero-order chi connectivity index (χ0) is 16.3. The van der Waals surface area contributed by atoms with E-state index in [4.69, 9.17) is 9.47 Å². The first kappa shape index (κ1) is 17.9. The van der Waals surface area contributed by atoms with Crippen molar-refractivity contribution >= 4 is 11.3 Å². The van der Waals surface area contributed by atoms with Crippen LogP contribution < -0.4 is 4.74 Å². The van der Waals surface area contributed by atoms with E-state index in [0.29, 0.717) is 13.2 Å². The number of para-hydroxylation sites is 1. The monoisotopic (exact) mass is 335 g/mol. The van der Waals surface area contributed by atoms with E-state index in [1.165, 1.54) is 4.88 Å².